The number of benzene rings is 1. The van der Waals surface area contributed by atoms with Crippen LogP contribution in [0.15, 0.2) is 24.3 Å². The van der Waals surface area contributed by atoms with Gasteiger partial charge in [0.1, 0.15) is 5.82 Å². The van der Waals surface area contributed by atoms with Crippen LogP contribution in [0, 0.1) is 5.82 Å². The number of hydrogen-bond donors (Lipinski definition) is 2. The molecule has 0 aliphatic heterocycles. The second-order valence-corrected chi connectivity index (χ2v) is 4.91. The van der Waals surface area contributed by atoms with Crippen molar-refractivity contribution in [1.29, 1.82) is 0 Å². The van der Waals surface area contributed by atoms with E-state index in [4.69, 9.17) is 0 Å². The molecule has 2 N–H and O–H groups in total. The molecule has 1 atom stereocenters. The Morgan fingerprint density at radius 1 is 1.44 bits per heavy atom. The predicted octanol–water partition coefficient (Wildman–Crippen LogP) is 2.39. The number of amides is 1. The second kappa shape index (κ2) is 5.96. The maximum atomic E-state index is 13.1. The SMILES string of the molecule is CCNC(C)(C)C(=O)NC(C)c1cccc(F)c1. The Morgan fingerprint density at radius 2 is 2.11 bits per heavy atom. The lowest BCUT2D eigenvalue weighted by atomic mass is 10.0. The maximum absolute atomic E-state index is 13.1. The average Bonchev–Trinajstić information content (AvgIpc) is 2.28. The Bertz CT molecular complexity index is 418. The van der Waals surface area contributed by atoms with Gasteiger partial charge in [-0.05, 0) is 45.0 Å². The van der Waals surface area contributed by atoms with Crippen molar-refractivity contribution in [3.63, 3.8) is 0 Å². The van der Waals surface area contributed by atoms with Crippen molar-refractivity contribution in [3.8, 4) is 0 Å². The van der Waals surface area contributed by atoms with Gasteiger partial charge in [-0.1, -0.05) is 19.1 Å². The third-order valence-corrected chi connectivity index (χ3v) is 2.88. The molecule has 0 radical (unpaired) electrons. The van der Waals surface area contributed by atoms with Gasteiger partial charge in [-0.25, -0.2) is 4.39 Å². The van der Waals surface area contributed by atoms with Gasteiger partial charge in [0.15, 0.2) is 0 Å². The van der Waals surface area contributed by atoms with Crippen LogP contribution < -0.4 is 10.6 Å². The van der Waals surface area contributed by atoms with Gasteiger partial charge in [-0.3, -0.25) is 4.79 Å². The first-order valence-corrected chi connectivity index (χ1v) is 6.18. The molecule has 1 unspecified atom stereocenters. The Labute approximate surface area is 108 Å². The first-order valence-electron chi connectivity index (χ1n) is 6.18. The summed E-state index contributed by atoms with van der Waals surface area (Å²) in [5.41, 5.74) is 0.131. The fraction of sp³-hybridized carbons (Fsp3) is 0.500. The van der Waals surface area contributed by atoms with Gasteiger partial charge >= 0.3 is 0 Å². The summed E-state index contributed by atoms with van der Waals surface area (Å²) in [5, 5.41) is 5.98. The molecule has 0 fully saturated rings. The Balaban J connectivity index is 2.70. The third kappa shape index (κ3) is 3.81. The molecule has 0 saturated heterocycles. The largest absolute Gasteiger partial charge is 0.348 e. The maximum Gasteiger partial charge on any atom is 0.240 e. The Kier molecular flexibility index (Phi) is 4.84. The molecule has 0 bridgehead atoms. The van der Waals surface area contributed by atoms with Gasteiger partial charge in [0.05, 0.1) is 11.6 Å². The number of halogens is 1. The molecule has 0 aliphatic rings. The van der Waals surface area contributed by atoms with Gasteiger partial charge in [0.2, 0.25) is 5.91 Å². The van der Waals surface area contributed by atoms with Crippen LogP contribution in [-0.2, 0) is 4.79 Å². The zero-order chi connectivity index (χ0) is 13.8. The van der Waals surface area contributed by atoms with Crippen LogP contribution in [0.4, 0.5) is 4.39 Å². The van der Waals surface area contributed by atoms with Gasteiger partial charge in [-0.2, -0.15) is 0 Å². The van der Waals surface area contributed by atoms with Crippen molar-refractivity contribution in [2.45, 2.75) is 39.3 Å². The first kappa shape index (κ1) is 14.6. The van der Waals surface area contributed by atoms with E-state index in [1.165, 1.54) is 12.1 Å². The molecule has 0 aromatic heterocycles. The number of carbonyl (C=O) groups excluding carboxylic acids is 1. The highest BCUT2D eigenvalue weighted by Gasteiger charge is 2.27. The summed E-state index contributed by atoms with van der Waals surface area (Å²) in [5.74, 6) is -0.388. The van der Waals surface area contributed by atoms with E-state index in [1.807, 2.05) is 27.7 Å². The van der Waals surface area contributed by atoms with Crippen LogP contribution in [0.2, 0.25) is 0 Å². The van der Waals surface area contributed by atoms with E-state index < -0.39 is 5.54 Å². The topological polar surface area (TPSA) is 41.1 Å². The van der Waals surface area contributed by atoms with E-state index in [-0.39, 0.29) is 17.8 Å². The summed E-state index contributed by atoms with van der Waals surface area (Å²) < 4.78 is 13.1. The Morgan fingerprint density at radius 3 is 2.67 bits per heavy atom. The van der Waals surface area contributed by atoms with Crippen LogP contribution >= 0.6 is 0 Å². The molecule has 1 rings (SSSR count). The molecule has 1 aromatic rings. The number of likely N-dealkylation sites (N-methyl/N-ethyl adjacent to an activating group) is 1. The standard InChI is InChI=1S/C14H21FN2O/c1-5-16-14(3,4)13(18)17-10(2)11-7-6-8-12(15)9-11/h6-10,16H,5H2,1-4H3,(H,17,18). The summed E-state index contributed by atoms with van der Waals surface area (Å²) >= 11 is 0. The van der Waals surface area contributed by atoms with Crippen LogP contribution in [0.3, 0.4) is 0 Å². The number of rotatable bonds is 5. The molecule has 18 heavy (non-hydrogen) atoms. The molecule has 3 nitrogen and oxygen atoms in total. The molecule has 0 heterocycles. The van der Waals surface area contributed by atoms with E-state index in [9.17, 15) is 9.18 Å². The van der Waals surface area contributed by atoms with Crippen LogP contribution in [0.5, 0.6) is 0 Å². The van der Waals surface area contributed by atoms with E-state index >= 15 is 0 Å². The van der Waals surface area contributed by atoms with Gasteiger partial charge < -0.3 is 10.6 Å². The molecular formula is C14H21FN2O. The number of nitrogens with one attached hydrogen (secondary N) is 2. The number of carbonyl (C=O) groups is 1. The van der Waals surface area contributed by atoms with E-state index in [0.29, 0.717) is 0 Å². The quantitative estimate of drug-likeness (QED) is 0.845. The van der Waals surface area contributed by atoms with Crippen LogP contribution in [-0.4, -0.2) is 18.0 Å². The van der Waals surface area contributed by atoms with Crippen molar-refractivity contribution < 1.29 is 9.18 Å². The average molecular weight is 252 g/mol. The molecule has 0 spiro atoms. The van der Waals surface area contributed by atoms with Gasteiger partial charge in [0, 0.05) is 0 Å². The molecule has 0 aliphatic carbocycles. The molecule has 1 aromatic carbocycles. The lowest BCUT2D eigenvalue weighted by molar-refractivity contribution is -0.127. The fourth-order valence-electron chi connectivity index (χ4n) is 1.76. The van der Waals surface area contributed by atoms with Crippen molar-refractivity contribution in [2.75, 3.05) is 6.54 Å². The van der Waals surface area contributed by atoms with E-state index in [1.54, 1.807) is 12.1 Å². The van der Waals surface area contributed by atoms with Gasteiger partial charge in [-0.15, -0.1) is 0 Å². The summed E-state index contributed by atoms with van der Waals surface area (Å²) in [7, 11) is 0. The van der Waals surface area contributed by atoms with E-state index in [0.717, 1.165) is 12.1 Å². The smallest absolute Gasteiger partial charge is 0.240 e. The summed E-state index contributed by atoms with van der Waals surface area (Å²) in [6.45, 7) is 8.16. The third-order valence-electron chi connectivity index (χ3n) is 2.88. The van der Waals surface area contributed by atoms with Crippen molar-refractivity contribution in [3.05, 3.63) is 35.6 Å². The molecule has 0 saturated carbocycles. The zero-order valence-corrected chi connectivity index (χ0v) is 11.4. The second-order valence-electron chi connectivity index (χ2n) is 4.91. The van der Waals surface area contributed by atoms with Crippen LogP contribution in [0.25, 0.3) is 0 Å². The number of hydrogen-bond acceptors (Lipinski definition) is 2. The van der Waals surface area contributed by atoms with Crippen molar-refractivity contribution in [1.82, 2.24) is 10.6 Å². The highest BCUT2D eigenvalue weighted by atomic mass is 19.1. The molecule has 4 heteroatoms. The van der Waals surface area contributed by atoms with Gasteiger partial charge in [0.25, 0.3) is 0 Å². The van der Waals surface area contributed by atoms with E-state index in [2.05, 4.69) is 10.6 Å². The van der Waals surface area contributed by atoms with Crippen LogP contribution in [0.1, 0.15) is 39.3 Å². The monoisotopic (exact) mass is 252 g/mol. The minimum absolute atomic E-state index is 0.0962. The summed E-state index contributed by atoms with van der Waals surface area (Å²) in [4.78, 5) is 12.1. The molecule has 1 amide bonds. The first-order chi connectivity index (χ1) is 8.36. The zero-order valence-electron chi connectivity index (χ0n) is 11.4. The molecule has 100 valence electrons. The van der Waals surface area contributed by atoms with Crippen molar-refractivity contribution >= 4 is 5.91 Å². The Hall–Kier alpha value is -1.42. The normalized spacial score (nSPS) is 13.2. The molecular weight excluding hydrogens is 231 g/mol. The van der Waals surface area contributed by atoms with Crippen molar-refractivity contribution in [2.24, 2.45) is 0 Å². The highest BCUT2D eigenvalue weighted by molar-refractivity contribution is 5.85. The predicted molar refractivity (Wildman–Crippen MR) is 70.7 cm³/mol. The highest BCUT2D eigenvalue weighted by Crippen LogP contribution is 2.14. The minimum Gasteiger partial charge on any atom is -0.348 e. The lowest BCUT2D eigenvalue weighted by Crippen LogP contribution is -2.52. The summed E-state index contributed by atoms with van der Waals surface area (Å²) in [6.07, 6.45) is 0. The fourth-order valence-corrected chi connectivity index (χ4v) is 1.76. The minimum atomic E-state index is -0.629. The lowest BCUT2D eigenvalue weighted by Gasteiger charge is -2.26. The summed E-state index contributed by atoms with van der Waals surface area (Å²) in [6, 6.07) is 6.05.